The first-order chi connectivity index (χ1) is 7.72. The van der Waals surface area contributed by atoms with Crippen molar-refractivity contribution in [2.75, 3.05) is 13.2 Å². The lowest BCUT2D eigenvalue weighted by Gasteiger charge is -2.04. The minimum atomic E-state index is -0.0383. The molecule has 0 aliphatic rings. The van der Waals surface area contributed by atoms with Crippen molar-refractivity contribution in [1.29, 1.82) is 0 Å². The average Bonchev–Trinajstić information content (AvgIpc) is 2.28. The average molecular weight is 223 g/mol. The minimum absolute atomic E-state index is 0.0383. The van der Waals surface area contributed by atoms with Gasteiger partial charge in [0.15, 0.2) is 0 Å². The maximum absolute atomic E-state index is 11.4. The second-order valence-electron chi connectivity index (χ2n) is 3.62. The van der Waals surface area contributed by atoms with Crippen LogP contribution in [0.25, 0.3) is 0 Å². The highest BCUT2D eigenvalue weighted by molar-refractivity contribution is 5.78. The van der Waals surface area contributed by atoms with Crippen molar-refractivity contribution in [3.05, 3.63) is 29.8 Å². The molecule has 0 unspecified atom stereocenters. The molecule has 16 heavy (non-hydrogen) atoms. The van der Waals surface area contributed by atoms with Gasteiger partial charge in [-0.05, 0) is 30.5 Å². The van der Waals surface area contributed by atoms with Crippen molar-refractivity contribution < 1.29 is 15.0 Å². The van der Waals surface area contributed by atoms with Gasteiger partial charge in [0.2, 0.25) is 5.91 Å². The summed E-state index contributed by atoms with van der Waals surface area (Å²) >= 11 is 0. The topological polar surface area (TPSA) is 69.6 Å². The molecule has 0 atom stereocenters. The number of carbonyl (C=O) groups excluding carboxylic acids is 1. The van der Waals surface area contributed by atoms with Gasteiger partial charge in [-0.15, -0.1) is 0 Å². The summed E-state index contributed by atoms with van der Waals surface area (Å²) in [4.78, 5) is 11.4. The summed E-state index contributed by atoms with van der Waals surface area (Å²) in [5.41, 5.74) is 0.873. The predicted molar refractivity (Wildman–Crippen MR) is 61.1 cm³/mol. The Morgan fingerprint density at radius 2 is 1.88 bits per heavy atom. The molecule has 0 radical (unpaired) electrons. The molecular weight excluding hydrogens is 206 g/mol. The van der Waals surface area contributed by atoms with Gasteiger partial charge in [-0.25, -0.2) is 0 Å². The molecule has 0 aliphatic heterocycles. The third-order valence-electron chi connectivity index (χ3n) is 2.21. The first-order valence-corrected chi connectivity index (χ1v) is 5.38. The SMILES string of the molecule is O=C(Cc1ccc(O)cc1)NCCCCO. The van der Waals surface area contributed by atoms with Crippen molar-refractivity contribution in [3.63, 3.8) is 0 Å². The molecule has 0 saturated carbocycles. The number of rotatable bonds is 6. The number of carbonyl (C=O) groups is 1. The number of phenols is 1. The molecule has 0 aromatic heterocycles. The highest BCUT2D eigenvalue weighted by Crippen LogP contribution is 2.09. The summed E-state index contributed by atoms with van der Waals surface area (Å²) in [7, 11) is 0. The van der Waals surface area contributed by atoms with E-state index in [1.165, 1.54) is 0 Å². The number of aliphatic hydroxyl groups excluding tert-OH is 1. The molecule has 3 N–H and O–H groups in total. The summed E-state index contributed by atoms with van der Waals surface area (Å²) in [6.45, 7) is 0.755. The number of nitrogens with one attached hydrogen (secondary N) is 1. The van der Waals surface area contributed by atoms with Gasteiger partial charge in [0.05, 0.1) is 6.42 Å². The number of benzene rings is 1. The van der Waals surface area contributed by atoms with Crippen LogP contribution in [0.15, 0.2) is 24.3 Å². The molecule has 88 valence electrons. The lowest BCUT2D eigenvalue weighted by molar-refractivity contribution is -0.120. The third kappa shape index (κ3) is 4.79. The summed E-state index contributed by atoms with van der Waals surface area (Å²) in [6, 6.07) is 6.58. The first-order valence-electron chi connectivity index (χ1n) is 5.38. The van der Waals surface area contributed by atoms with E-state index in [-0.39, 0.29) is 18.3 Å². The highest BCUT2D eigenvalue weighted by atomic mass is 16.3. The zero-order valence-corrected chi connectivity index (χ0v) is 9.15. The minimum Gasteiger partial charge on any atom is -0.508 e. The molecule has 1 rings (SSSR count). The standard InChI is InChI=1S/C12H17NO3/c14-8-2-1-7-13-12(16)9-10-3-5-11(15)6-4-10/h3-6,14-15H,1-2,7-9H2,(H,13,16). The second kappa shape index (κ2) is 6.85. The van der Waals surface area contributed by atoms with Crippen LogP contribution in [0.3, 0.4) is 0 Å². The quantitative estimate of drug-likeness (QED) is 0.625. The maximum Gasteiger partial charge on any atom is 0.224 e. The third-order valence-corrected chi connectivity index (χ3v) is 2.21. The Hall–Kier alpha value is -1.55. The fraction of sp³-hybridized carbons (Fsp3) is 0.417. The number of amides is 1. The van der Waals surface area contributed by atoms with Crippen LogP contribution < -0.4 is 5.32 Å². The molecule has 0 fully saturated rings. The van der Waals surface area contributed by atoms with Crippen LogP contribution in [0.5, 0.6) is 5.75 Å². The maximum atomic E-state index is 11.4. The molecule has 0 saturated heterocycles. The van der Waals surface area contributed by atoms with E-state index in [0.29, 0.717) is 19.4 Å². The predicted octanol–water partition coefficient (Wildman–Crippen LogP) is 0.823. The number of hydrogen-bond acceptors (Lipinski definition) is 3. The lowest BCUT2D eigenvalue weighted by Crippen LogP contribution is -2.26. The van der Waals surface area contributed by atoms with Crippen molar-refractivity contribution in [2.45, 2.75) is 19.3 Å². The van der Waals surface area contributed by atoms with Crippen LogP contribution in [0.1, 0.15) is 18.4 Å². The van der Waals surface area contributed by atoms with E-state index in [2.05, 4.69) is 5.32 Å². The summed E-state index contributed by atoms with van der Waals surface area (Å²) in [5, 5.41) is 20.4. The van der Waals surface area contributed by atoms with Gasteiger partial charge in [-0.1, -0.05) is 12.1 Å². The largest absolute Gasteiger partial charge is 0.508 e. The monoisotopic (exact) mass is 223 g/mol. The Labute approximate surface area is 94.9 Å². The van der Waals surface area contributed by atoms with Crippen LogP contribution in [0, 0.1) is 0 Å². The van der Waals surface area contributed by atoms with Crippen LogP contribution >= 0.6 is 0 Å². The Morgan fingerprint density at radius 1 is 1.19 bits per heavy atom. The van der Waals surface area contributed by atoms with Crippen LogP contribution in [0.4, 0.5) is 0 Å². The van der Waals surface area contributed by atoms with Gasteiger partial charge in [0.25, 0.3) is 0 Å². The molecule has 0 heterocycles. The van der Waals surface area contributed by atoms with Gasteiger partial charge in [-0.3, -0.25) is 4.79 Å². The molecule has 0 aliphatic carbocycles. The second-order valence-corrected chi connectivity index (χ2v) is 3.62. The zero-order chi connectivity index (χ0) is 11.8. The van der Waals surface area contributed by atoms with E-state index in [1.807, 2.05) is 0 Å². The summed E-state index contributed by atoms with van der Waals surface area (Å²) in [6.07, 6.45) is 1.82. The van der Waals surface area contributed by atoms with Crippen molar-refractivity contribution in [1.82, 2.24) is 5.32 Å². The Balaban J connectivity index is 2.26. The number of aliphatic hydroxyl groups is 1. The fourth-order valence-electron chi connectivity index (χ4n) is 1.33. The summed E-state index contributed by atoms with van der Waals surface area (Å²) < 4.78 is 0. The Bertz CT molecular complexity index is 322. The Morgan fingerprint density at radius 3 is 2.50 bits per heavy atom. The number of unbranched alkanes of at least 4 members (excludes halogenated alkanes) is 1. The zero-order valence-electron chi connectivity index (χ0n) is 9.15. The number of aromatic hydroxyl groups is 1. The van der Waals surface area contributed by atoms with E-state index in [0.717, 1.165) is 12.0 Å². The molecule has 4 nitrogen and oxygen atoms in total. The molecule has 0 spiro atoms. The Kier molecular flexibility index (Phi) is 5.36. The first kappa shape index (κ1) is 12.5. The van der Waals surface area contributed by atoms with Gasteiger partial charge >= 0.3 is 0 Å². The van der Waals surface area contributed by atoms with Crippen LogP contribution in [-0.4, -0.2) is 29.3 Å². The van der Waals surface area contributed by atoms with Crippen LogP contribution in [0.2, 0.25) is 0 Å². The molecular formula is C12H17NO3. The molecule has 0 bridgehead atoms. The molecule has 1 aromatic rings. The van der Waals surface area contributed by atoms with E-state index in [9.17, 15) is 4.79 Å². The number of phenolic OH excluding ortho intramolecular Hbond substituents is 1. The van der Waals surface area contributed by atoms with Gasteiger partial charge in [0.1, 0.15) is 5.75 Å². The summed E-state index contributed by atoms with van der Waals surface area (Å²) in [5.74, 6) is 0.163. The number of hydrogen-bond donors (Lipinski definition) is 3. The highest BCUT2D eigenvalue weighted by Gasteiger charge is 2.02. The lowest BCUT2D eigenvalue weighted by atomic mass is 10.1. The molecule has 4 heteroatoms. The van der Waals surface area contributed by atoms with Crippen LogP contribution in [-0.2, 0) is 11.2 Å². The van der Waals surface area contributed by atoms with E-state index in [4.69, 9.17) is 10.2 Å². The molecule has 1 amide bonds. The molecule has 1 aromatic carbocycles. The van der Waals surface area contributed by atoms with Crippen molar-refractivity contribution in [2.24, 2.45) is 0 Å². The van der Waals surface area contributed by atoms with E-state index >= 15 is 0 Å². The van der Waals surface area contributed by atoms with Gasteiger partial charge < -0.3 is 15.5 Å². The van der Waals surface area contributed by atoms with Crippen molar-refractivity contribution >= 4 is 5.91 Å². The smallest absolute Gasteiger partial charge is 0.224 e. The van der Waals surface area contributed by atoms with Gasteiger partial charge in [0, 0.05) is 13.2 Å². The van der Waals surface area contributed by atoms with E-state index in [1.54, 1.807) is 24.3 Å². The van der Waals surface area contributed by atoms with E-state index < -0.39 is 0 Å². The normalized spacial score (nSPS) is 10.1. The fourth-order valence-corrected chi connectivity index (χ4v) is 1.33. The van der Waals surface area contributed by atoms with Crippen molar-refractivity contribution in [3.8, 4) is 5.75 Å². The van der Waals surface area contributed by atoms with Gasteiger partial charge in [-0.2, -0.15) is 0 Å².